The van der Waals surface area contributed by atoms with Crippen molar-refractivity contribution >= 4 is 29.9 Å². The molecule has 2 aromatic rings. The van der Waals surface area contributed by atoms with Crippen LogP contribution in [-0.4, -0.2) is 37.3 Å². The van der Waals surface area contributed by atoms with Gasteiger partial charge < -0.3 is 19.9 Å². The lowest BCUT2D eigenvalue weighted by Crippen LogP contribution is -2.40. The van der Waals surface area contributed by atoms with Gasteiger partial charge in [-0.15, -0.1) is 24.0 Å². The summed E-state index contributed by atoms with van der Waals surface area (Å²) in [6.45, 7) is 7.39. The van der Waals surface area contributed by atoms with E-state index in [1.807, 2.05) is 24.3 Å². The van der Waals surface area contributed by atoms with Gasteiger partial charge >= 0.3 is 0 Å². The maximum atomic E-state index is 5.91. The third-order valence-electron chi connectivity index (χ3n) is 3.75. The van der Waals surface area contributed by atoms with E-state index < -0.39 is 0 Å². The Morgan fingerprint density at radius 1 is 1.08 bits per heavy atom. The summed E-state index contributed by atoms with van der Waals surface area (Å²) in [5.41, 5.74) is 1.24. The highest BCUT2D eigenvalue weighted by Gasteiger charge is 2.06. The molecule has 0 amide bonds. The topological polar surface area (TPSA) is 50.6 Å². The third kappa shape index (κ3) is 7.37. The van der Waals surface area contributed by atoms with Crippen molar-refractivity contribution in [3.05, 3.63) is 54.4 Å². The first kappa shape index (κ1) is 21.3. The minimum Gasteiger partial charge on any atom is -0.491 e. The molecule has 0 aliphatic rings. The van der Waals surface area contributed by atoms with Gasteiger partial charge in [-0.05, 0) is 29.7 Å². The average Bonchev–Trinajstić information content (AvgIpc) is 3.10. The normalized spacial score (nSPS) is 11.1. The Balaban J connectivity index is 0.00000312. The molecule has 6 heteroatoms. The fourth-order valence-corrected chi connectivity index (χ4v) is 2.46. The third-order valence-corrected chi connectivity index (χ3v) is 3.75. The van der Waals surface area contributed by atoms with Gasteiger partial charge in [0.05, 0.1) is 6.54 Å². The summed E-state index contributed by atoms with van der Waals surface area (Å²) in [4.78, 5) is 4.23. The summed E-state index contributed by atoms with van der Waals surface area (Å²) in [6, 6.07) is 12.3. The van der Waals surface area contributed by atoms with Crippen molar-refractivity contribution in [2.24, 2.45) is 4.99 Å². The van der Waals surface area contributed by atoms with E-state index in [4.69, 9.17) is 4.74 Å². The highest BCUT2D eigenvalue weighted by molar-refractivity contribution is 14.0. The molecule has 0 aliphatic carbocycles. The predicted molar refractivity (Wildman–Crippen MR) is 115 cm³/mol. The van der Waals surface area contributed by atoms with Gasteiger partial charge in [0.25, 0.3) is 0 Å². The molecule has 0 spiro atoms. The fourth-order valence-electron chi connectivity index (χ4n) is 2.46. The SMILES string of the molecule is CN=C(NCCOc1ccccc1C(C)C)NCCn1cccc1.I. The first-order valence-corrected chi connectivity index (χ1v) is 8.47. The van der Waals surface area contributed by atoms with E-state index in [0.29, 0.717) is 19.1 Å². The molecule has 0 saturated heterocycles. The van der Waals surface area contributed by atoms with Crippen LogP contribution in [0.2, 0.25) is 0 Å². The van der Waals surface area contributed by atoms with Crippen LogP contribution >= 0.6 is 24.0 Å². The number of benzene rings is 1. The molecule has 0 atom stereocenters. The van der Waals surface area contributed by atoms with Crippen molar-refractivity contribution in [2.45, 2.75) is 26.3 Å². The maximum Gasteiger partial charge on any atom is 0.191 e. The van der Waals surface area contributed by atoms with Crippen LogP contribution in [0.3, 0.4) is 0 Å². The van der Waals surface area contributed by atoms with E-state index in [2.05, 4.69) is 58.6 Å². The number of halogens is 1. The van der Waals surface area contributed by atoms with Gasteiger partial charge in [0.15, 0.2) is 5.96 Å². The Hall–Kier alpha value is -1.70. The molecule has 138 valence electrons. The summed E-state index contributed by atoms with van der Waals surface area (Å²) in [5, 5.41) is 6.57. The van der Waals surface area contributed by atoms with Gasteiger partial charge in [0.2, 0.25) is 0 Å². The van der Waals surface area contributed by atoms with Gasteiger partial charge in [-0.25, -0.2) is 0 Å². The number of para-hydroxylation sites is 1. The van der Waals surface area contributed by atoms with Crippen LogP contribution in [0.5, 0.6) is 5.75 Å². The second-order valence-electron chi connectivity index (χ2n) is 5.89. The molecule has 1 heterocycles. The molecule has 0 aliphatic heterocycles. The quantitative estimate of drug-likeness (QED) is 0.277. The first-order chi connectivity index (χ1) is 11.7. The molecule has 2 rings (SSSR count). The number of hydrogen-bond donors (Lipinski definition) is 2. The molecule has 1 aromatic carbocycles. The summed E-state index contributed by atoms with van der Waals surface area (Å²) in [6.07, 6.45) is 4.11. The van der Waals surface area contributed by atoms with E-state index >= 15 is 0 Å². The molecule has 0 fully saturated rings. The lowest BCUT2D eigenvalue weighted by molar-refractivity contribution is 0.317. The minimum absolute atomic E-state index is 0. The van der Waals surface area contributed by atoms with Crippen LogP contribution in [-0.2, 0) is 6.54 Å². The van der Waals surface area contributed by atoms with E-state index in [9.17, 15) is 0 Å². The molecule has 5 nitrogen and oxygen atoms in total. The van der Waals surface area contributed by atoms with Crippen molar-refractivity contribution in [3.8, 4) is 5.75 Å². The van der Waals surface area contributed by atoms with Crippen molar-refractivity contribution in [1.29, 1.82) is 0 Å². The highest BCUT2D eigenvalue weighted by Crippen LogP contribution is 2.25. The fraction of sp³-hybridized carbons (Fsp3) is 0.421. The molecule has 2 N–H and O–H groups in total. The largest absolute Gasteiger partial charge is 0.491 e. The summed E-state index contributed by atoms with van der Waals surface area (Å²) in [7, 11) is 1.78. The first-order valence-electron chi connectivity index (χ1n) is 8.47. The lowest BCUT2D eigenvalue weighted by atomic mass is 10.0. The van der Waals surface area contributed by atoms with Crippen LogP contribution in [0.1, 0.15) is 25.3 Å². The number of rotatable bonds is 8. The predicted octanol–water partition coefficient (Wildman–Crippen LogP) is 3.47. The van der Waals surface area contributed by atoms with E-state index in [-0.39, 0.29) is 24.0 Å². The van der Waals surface area contributed by atoms with Crippen LogP contribution < -0.4 is 15.4 Å². The molecule has 0 saturated carbocycles. The van der Waals surface area contributed by atoms with Crippen LogP contribution in [0.4, 0.5) is 0 Å². The van der Waals surface area contributed by atoms with E-state index in [1.165, 1.54) is 5.56 Å². The zero-order chi connectivity index (χ0) is 17.2. The van der Waals surface area contributed by atoms with Gasteiger partial charge in [-0.2, -0.15) is 0 Å². The van der Waals surface area contributed by atoms with E-state index in [0.717, 1.165) is 24.8 Å². The van der Waals surface area contributed by atoms with Crippen LogP contribution in [0.25, 0.3) is 0 Å². The Morgan fingerprint density at radius 3 is 2.44 bits per heavy atom. The second-order valence-corrected chi connectivity index (χ2v) is 5.89. The van der Waals surface area contributed by atoms with Crippen molar-refractivity contribution < 1.29 is 4.74 Å². The Bertz CT molecular complexity index is 626. The zero-order valence-electron chi connectivity index (χ0n) is 15.2. The molecule has 0 radical (unpaired) electrons. The molecular formula is C19H29IN4O. The number of aromatic nitrogens is 1. The smallest absolute Gasteiger partial charge is 0.191 e. The summed E-state index contributed by atoms with van der Waals surface area (Å²) < 4.78 is 8.04. The number of hydrogen-bond acceptors (Lipinski definition) is 2. The Morgan fingerprint density at radius 2 is 1.76 bits per heavy atom. The molecule has 0 unspecified atom stereocenters. The van der Waals surface area contributed by atoms with Crippen molar-refractivity contribution in [1.82, 2.24) is 15.2 Å². The Labute approximate surface area is 167 Å². The number of nitrogens with one attached hydrogen (secondary N) is 2. The van der Waals surface area contributed by atoms with Crippen LogP contribution in [0.15, 0.2) is 53.8 Å². The molecule has 1 aromatic heterocycles. The number of nitrogens with zero attached hydrogens (tertiary/aromatic N) is 2. The minimum atomic E-state index is 0. The molecule has 0 bridgehead atoms. The standard InChI is InChI=1S/C19H28N4O.HI/c1-16(2)17-8-4-5-9-18(17)24-15-11-22-19(20-3)21-10-14-23-12-6-7-13-23;/h4-9,12-13,16H,10-11,14-15H2,1-3H3,(H2,20,21,22);1H. The van der Waals surface area contributed by atoms with Gasteiger partial charge in [-0.1, -0.05) is 32.0 Å². The van der Waals surface area contributed by atoms with Crippen LogP contribution in [0, 0.1) is 0 Å². The van der Waals surface area contributed by atoms with Crippen molar-refractivity contribution in [2.75, 3.05) is 26.7 Å². The molecule has 25 heavy (non-hydrogen) atoms. The number of ether oxygens (including phenoxy) is 1. The second kappa shape index (κ2) is 11.8. The van der Waals surface area contributed by atoms with Gasteiger partial charge in [-0.3, -0.25) is 4.99 Å². The summed E-state index contributed by atoms with van der Waals surface area (Å²) in [5.74, 6) is 2.21. The number of guanidine groups is 1. The number of aliphatic imine (C=N–C) groups is 1. The van der Waals surface area contributed by atoms with Gasteiger partial charge in [0, 0.05) is 32.5 Å². The van der Waals surface area contributed by atoms with Gasteiger partial charge in [0.1, 0.15) is 12.4 Å². The maximum absolute atomic E-state index is 5.91. The zero-order valence-corrected chi connectivity index (χ0v) is 17.6. The van der Waals surface area contributed by atoms with E-state index in [1.54, 1.807) is 7.05 Å². The summed E-state index contributed by atoms with van der Waals surface area (Å²) >= 11 is 0. The monoisotopic (exact) mass is 456 g/mol. The van der Waals surface area contributed by atoms with Crippen molar-refractivity contribution in [3.63, 3.8) is 0 Å². The lowest BCUT2D eigenvalue weighted by Gasteiger charge is -2.15. The highest BCUT2D eigenvalue weighted by atomic mass is 127. The molecular weight excluding hydrogens is 427 g/mol. The Kier molecular flexibility index (Phi) is 10.1. The average molecular weight is 456 g/mol.